The maximum Gasteiger partial charge on any atom is 0.313 e. The Labute approximate surface area is 224 Å². The molecule has 4 heterocycles. The van der Waals surface area contributed by atoms with Gasteiger partial charge < -0.3 is 25.4 Å². The first-order valence-electron chi connectivity index (χ1n) is 12.9. The molecule has 2 aromatic rings. The molecule has 0 spiro atoms. The molecule has 0 amide bonds. The molecular formula is C29H38N6O3. The minimum absolute atomic E-state index is 0.148. The zero-order valence-electron chi connectivity index (χ0n) is 23.1. The molecule has 2 aromatic heterocycles. The lowest BCUT2D eigenvalue weighted by Crippen LogP contribution is -2.45. The van der Waals surface area contributed by atoms with Gasteiger partial charge in [-0.05, 0) is 71.9 Å². The third-order valence-electron chi connectivity index (χ3n) is 7.27. The number of allylic oxidation sites excluding steroid dienone is 4. The highest BCUT2D eigenvalue weighted by molar-refractivity contribution is 5.78. The van der Waals surface area contributed by atoms with Crippen LogP contribution < -0.4 is 15.5 Å². The molecular weight excluding hydrogens is 480 g/mol. The number of rotatable bonds is 9. The number of ether oxygens (including phenoxy) is 1. The number of nitrogens with zero attached hydrogens (tertiary/aromatic N) is 4. The molecule has 0 aromatic carbocycles. The molecule has 0 saturated carbocycles. The van der Waals surface area contributed by atoms with Gasteiger partial charge in [0, 0.05) is 36.0 Å². The van der Waals surface area contributed by atoms with Crippen molar-refractivity contribution in [1.29, 1.82) is 0 Å². The second-order valence-electron chi connectivity index (χ2n) is 11.0. The summed E-state index contributed by atoms with van der Waals surface area (Å²) in [6, 6.07) is 6.23. The number of carbonyl (C=O) groups is 1. The highest BCUT2D eigenvalue weighted by Gasteiger charge is 2.47. The van der Waals surface area contributed by atoms with E-state index in [4.69, 9.17) is 14.7 Å². The lowest BCUT2D eigenvalue weighted by molar-refractivity contribution is -0.144. The number of anilines is 3. The van der Waals surface area contributed by atoms with Crippen LogP contribution in [0.3, 0.4) is 0 Å². The van der Waals surface area contributed by atoms with Gasteiger partial charge in [0.15, 0.2) is 0 Å². The molecule has 202 valence electrons. The van der Waals surface area contributed by atoms with E-state index in [0.717, 1.165) is 35.0 Å². The van der Waals surface area contributed by atoms with Crippen molar-refractivity contribution in [3.63, 3.8) is 0 Å². The van der Waals surface area contributed by atoms with E-state index in [0.29, 0.717) is 24.7 Å². The van der Waals surface area contributed by atoms with Crippen LogP contribution in [0.25, 0.3) is 0 Å². The molecule has 1 saturated heterocycles. The van der Waals surface area contributed by atoms with E-state index in [1.54, 1.807) is 26.0 Å². The number of hydrogen-bond donors (Lipinski definition) is 3. The molecule has 38 heavy (non-hydrogen) atoms. The Morgan fingerprint density at radius 1 is 1.32 bits per heavy atom. The molecule has 4 rings (SSSR count). The van der Waals surface area contributed by atoms with E-state index < -0.39 is 11.4 Å². The SMILES string of the molecule is C=C/C(=C\C=C(/C)Nc1ncc2c(n1)N(c1cccc(CNC)n1)[C@@H]1CC(C)(C)OCC21)C(C)(C)C(=O)O. The van der Waals surface area contributed by atoms with E-state index >= 15 is 0 Å². The Hall–Kier alpha value is -3.56. The molecule has 0 bridgehead atoms. The summed E-state index contributed by atoms with van der Waals surface area (Å²) >= 11 is 0. The second kappa shape index (κ2) is 10.7. The molecule has 9 heteroatoms. The Morgan fingerprint density at radius 3 is 2.76 bits per heavy atom. The summed E-state index contributed by atoms with van der Waals surface area (Å²) in [5.74, 6) is 1.38. The highest BCUT2D eigenvalue weighted by atomic mass is 16.5. The third kappa shape index (κ3) is 5.49. The van der Waals surface area contributed by atoms with Gasteiger partial charge in [-0.15, -0.1) is 0 Å². The lowest BCUT2D eigenvalue weighted by atomic mass is 9.84. The fraction of sp³-hybridized carbons (Fsp3) is 0.448. The fourth-order valence-electron chi connectivity index (χ4n) is 5.00. The predicted molar refractivity (Wildman–Crippen MR) is 149 cm³/mol. The smallest absolute Gasteiger partial charge is 0.313 e. The molecule has 2 aliphatic rings. The van der Waals surface area contributed by atoms with Crippen LogP contribution in [0.2, 0.25) is 0 Å². The van der Waals surface area contributed by atoms with Gasteiger partial charge in [-0.25, -0.2) is 9.97 Å². The zero-order valence-corrected chi connectivity index (χ0v) is 23.1. The minimum atomic E-state index is -1.05. The molecule has 3 N–H and O–H groups in total. The molecule has 0 aliphatic carbocycles. The molecule has 9 nitrogen and oxygen atoms in total. The van der Waals surface area contributed by atoms with Crippen molar-refractivity contribution in [1.82, 2.24) is 20.3 Å². The van der Waals surface area contributed by atoms with Crippen LogP contribution in [0.5, 0.6) is 0 Å². The lowest BCUT2D eigenvalue weighted by Gasteiger charge is -2.40. The van der Waals surface area contributed by atoms with E-state index in [9.17, 15) is 9.90 Å². The quantitative estimate of drug-likeness (QED) is 0.398. The van der Waals surface area contributed by atoms with Crippen molar-refractivity contribution >= 4 is 23.6 Å². The van der Waals surface area contributed by atoms with Crippen molar-refractivity contribution in [3.05, 3.63) is 71.7 Å². The van der Waals surface area contributed by atoms with Gasteiger partial charge in [0.05, 0.1) is 23.3 Å². The van der Waals surface area contributed by atoms with Crippen LogP contribution in [0.4, 0.5) is 17.6 Å². The van der Waals surface area contributed by atoms with Gasteiger partial charge in [-0.2, -0.15) is 4.98 Å². The average molecular weight is 519 g/mol. The first-order chi connectivity index (χ1) is 18.0. The summed E-state index contributed by atoms with van der Waals surface area (Å²) in [5.41, 5.74) is 2.08. The number of nitrogens with one attached hydrogen (secondary N) is 2. The number of fused-ring (bicyclic) bond motifs is 3. The topological polar surface area (TPSA) is 113 Å². The maximum absolute atomic E-state index is 11.7. The normalized spacial score (nSPS) is 21.1. The first kappa shape index (κ1) is 27.5. The molecule has 2 atom stereocenters. The van der Waals surface area contributed by atoms with E-state index in [1.807, 2.05) is 44.4 Å². The second-order valence-corrected chi connectivity index (χ2v) is 11.0. The largest absolute Gasteiger partial charge is 0.481 e. The summed E-state index contributed by atoms with van der Waals surface area (Å²) in [5, 5.41) is 16.0. The highest BCUT2D eigenvalue weighted by Crippen LogP contribution is 2.49. The first-order valence-corrected chi connectivity index (χ1v) is 12.9. The number of hydrogen-bond acceptors (Lipinski definition) is 8. The van der Waals surface area contributed by atoms with Crippen LogP contribution in [0, 0.1) is 5.41 Å². The Balaban J connectivity index is 1.68. The molecule has 2 aliphatic heterocycles. The Morgan fingerprint density at radius 2 is 2.08 bits per heavy atom. The maximum atomic E-state index is 11.7. The summed E-state index contributed by atoms with van der Waals surface area (Å²) in [7, 11) is 1.91. The summed E-state index contributed by atoms with van der Waals surface area (Å²) < 4.78 is 6.19. The fourth-order valence-corrected chi connectivity index (χ4v) is 5.00. The van der Waals surface area contributed by atoms with Crippen molar-refractivity contribution in [2.75, 3.05) is 23.9 Å². The number of pyridine rings is 1. The van der Waals surface area contributed by atoms with Gasteiger partial charge in [0.1, 0.15) is 11.6 Å². The Kier molecular flexibility index (Phi) is 7.71. The van der Waals surface area contributed by atoms with Crippen LogP contribution in [-0.4, -0.2) is 51.3 Å². The van der Waals surface area contributed by atoms with Gasteiger partial charge in [0.2, 0.25) is 5.95 Å². The molecule has 1 unspecified atom stereocenters. The third-order valence-corrected chi connectivity index (χ3v) is 7.27. The number of carboxylic acid groups (broad SMARTS) is 1. The standard InChI is InChI=1S/C29H38N6O3/c1-8-19(29(5,6)26(36)37)13-12-18(2)32-27-31-16-21-22-17-38-28(3,4)14-23(22)35(25(21)34-27)24-11-9-10-20(33-24)15-30-7/h8-13,16,22-23,30H,1,14-15,17H2,2-7H3,(H,36,37)(H,31,32,34)/b18-12+,19-13+/t22?,23-/m1/s1. The van der Waals surface area contributed by atoms with Crippen molar-refractivity contribution < 1.29 is 14.6 Å². The van der Waals surface area contributed by atoms with Gasteiger partial charge in [-0.3, -0.25) is 4.79 Å². The van der Waals surface area contributed by atoms with E-state index in [2.05, 4.69) is 40.9 Å². The monoisotopic (exact) mass is 518 g/mol. The van der Waals surface area contributed by atoms with Crippen molar-refractivity contribution in [2.45, 2.75) is 65.1 Å². The van der Waals surface area contributed by atoms with E-state index in [-0.39, 0.29) is 17.6 Å². The van der Waals surface area contributed by atoms with Gasteiger partial charge >= 0.3 is 5.97 Å². The molecule has 0 radical (unpaired) electrons. The number of aliphatic carboxylic acids is 1. The van der Waals surface area contributed by atoms with Gasteiger partial charge in [-0.1, -0.05) is 24.8 Å². The van der Waals surface area contributed by atoms with Crippen LogP contribution in [-0.2, 0) is 16.1 Å². The summed E-state index contributed by atoms with van der Waals surface area (Å²) in [4.78, 5) is 28.4. The van der Waals surface area contributed by atoms with Crippen molar-refractivity contribution in [2.24, 2.45) is 5.41 Å². The minimum Gasteiger partial charge on any atom is -0.481 e. The van der Waals surface area contributed by atoms with Crippen LogP contribution in [0.15, 0.2) is 60.5 Å². The average Bonchev–Trinajstić information content (AvgIpc) is 3.16. The zero-order chi connectivity index (χ0) is 27.7. The van der Waals surface area contributed by atoms with Crippen LogP contribution in [0.1, 0.15) is 58.2 Å². The number of carboxylic acids is 1. The summed E-state index contributed by atoms with van der Waals surface area (Å²) in [6.07, 6.45) is 7.86. The molecule has 1 fully saturated rings. The van der Waals surface area contributed by atoms with Crippen LogP contribution >= 0.6 is 0 Å². The van der Waals surface area contributed by atoms with Crippen molar-refractivity contribution in [3.8, 4) is 0 Å². The number of aromatic nitrogens is 3. The van der Waals surface area contributed by atoms with Gasteiger partial charge in [0.25, 0.3) is 0 Å². The summed E-state index contributed by atoms with van der Waals surface area (Å²) in [6.45, 7) is 14.5. The Bertz CT molecular complexity index is 1280. The van der Waals surface area contributed by atoms with E-state index in [1.165, 1.54) is 0 Å². The predicted octanol–water partition coefficient (Wildman–Crippen LogP) is 4.93.